The first-order chi connectivity index (χ1) is 15.6. The van der Waals surface area contributed by atoms with Gasteiger partial charge in [-0.3, -0.25) is 4.79 Å². The van der Waals surface area contributed by atoms with E-state index in [4.69, 9.17) is 9.47 Å². The molecule has 0 saturated carbocycles. The van der Waals surface area contributed by atoms with E-state index in [0.717, 1.165) is 42.6 Å². The Bertz CT molecular complexity index is 1050. The van der Waals surface area contributed by atoms with Gasteiger partial charge in [-0.1, -0.05) is 12.1 Å². The van der Waals surface area contributed by atoms with Crippen LogP contribution in [-0.4, -0.2) is 65.5 Å². The second kappa shape index (κ2) is 10.4. The number of carbonyl (C=O) groups is 1. The molecule has 1 aromatic carbocycles. The molecule has 2 aromatic heterocycles. The number of hydrogen-bond donors (Lipinski definition) is 1. The third-order valence-electron chi connectivity index (χ3n) is 5.13. The second-order valence-electron chi connectivity index (χ2n) is 7.68. The number of amides is 1. The van der Waals surface area contributed by atoms with Crippen LogP contribution >= 0.6 is 11.3 Å². The van der Waals surface area contributed by atoms with Gasteiger partial charge in [0.25, 0.3) is 5.91 Å². The fourth-order valence-corrected chi connectivity index (χ4v) is 3.98. The van der Waals surface area contributed by atoms with E-state index in [-0.39, 0.29) is 12.5 Å². The Morgan fingerprint density at radius 2 is 2.00 bits per heavy atom. The Kier molecular flexibility index (Phi) is 7.18. The zero-order chi connectivity index (χ0) is 22.3. The predicted molar refractivity (Wildman–Crippen MR) is 125 cm³/mol. The van der Waals surface area contributed by atoms with E-state index in [2.05, 4.69) is 27.2 Å². The van der Waals surface area contributed by atoms with E-state index in [1.807, 2.05) is 53.6 Å². The Hall–Kier alpha value is -3.17. The van der Waals surface area contributed by atoms with Crippen molar-refractivity contribution in [2.45, 2.75) is 13.5 Å². The lowest BCUT2D eigenvalue weighted by atomic mass is 10.2. The Labute approximate surface area is 191 Å². The number of piperazine rings is 1. The highest BCUT2D eigenvalue weighted by atomic mass is 32.1. The highest BCUT2D eigenvalue weighted by Gasteiger charge is 2.19. The van der Waals surface area contributed by atoms with Crippen molar-refractivity contribution < 1.29 is 14.3 Å². The number of hydrogen-bond acceptors (Lipinski definition) is 8. The molecule has 3 aromatic rings. The molecule has 9 heteroatoms. The summed E-state index contributed by atoms with van der Waals surface area (Å²) in [5.41, 5.74) is 1.90. The second-order valence-corrected chi connectivity index (χ2v) is 8.54. The van der Waals surface area contributed by atoms with Gasteiger partial charge in [0.2, 0.25) is 0 Å². The Balaban J connectivity index is 1.32. The van der Waals surface area contributed by atoms with Crippen LogP contribution in [0.3, 0.4) is 0 Å². The molecular formula is C23H27N5O3S. The first kappa shape index (κ1) is 22.0. The van der Waals surface area contributed by atoms with E-state index in [1.165, 1.54) is 11.3 Å². The molecule has 32 heavy (non-hydrogen) atoms. The molecule has 0 spiro atoms. The number of anilines is 2. The molecule has 168 valence electrons. The standard InChI is InChI=1S/C23H27N5O3S/c1-17-16-32-23(25-17)26-22-20(7-4-8-24-22)31-14-18-5-3-6-19(13-18)30-15-21(29)28-11-9-27(2)10-12-28/h3-8,13,16H,9-12,14-15H2,1-2H3,(H,24,25,26). The van der Waals surface area contributed by atoms with Gasteiger partial charge in [-0.15, -0.1) is 11.3 Å². The lowest BCUT2D eigenvalue weighted by Crippen LogP contribution is -2.48. The maximum absolute atomic E-state index is 12.4. The molecule has 1 fully saturated rings. The number of ether oxygens (including phenoxy) is 2. The van der Waals surface area contributed by atoms with Crippen LogP contribution in [0.25, 0.3) is 0 Å². The number of thiazole rings is 1. The number of likely N-dealkylation sites (N-methyl/N-ethyl adjacent to an activating group) is 1. The summed E-state index contributed by atoms with van der Waals surface area (Å²) in [5.74, 6) is 1.92. The average Bonchev–Trinajstić information content (AvgIpc) is 3.22. The first-order valence-electron chi connectivity index (χ1n) is 10.5. The van der Waals surface area contributed by atoms with Crippen LogP contribution in [0.15, 0.2) is 48.0 Å². The van der Waals surface area contributed by atoms with Crippen molar-refractivity contribution in [3.8, 4) is 11.5 Å². The van der Waals surface area contributed by atoms with Crippen molar-refractivity contribution >= 4 is 28.2 Å². The van der Waals surface area contributed by atoms with Gasteiger partial charge in [0, 0.05) is 37.8 Å². The SMILES string of the molecule is Cc1csc(Nc2ncccc2OCc2cccc(OCC(=O)N3CCN(C)CC3)c2)n1. The average molecular weight is 454 g/mol. The monoisotopic (exact) mass is 453 g/mol. The molecule has 0 unspecified atom stereocenters. The molecule has 0 atom stereocenters. The molecule has 1 aliphatic rings. The van der Waals surface area contributed by atoms with Gasteiger partial charge in [0.15, 0.2) is 23.3 Å². The summed E-state index contributed by atoms with van der Waals surface area (Å²) in [6, 6.07) is 11.3. The number of pyridine rings is 1. The van der Waals surface area contributed by atoms with Gasteiger partial charge in [-0.05, 0) is 43.8 Å². The number of nitrogens with one attached hydrogen (secondary N) is 1. The third-order valence-corrected chi connectivity index (χ3v) is 6.00. The highest BCUT2D eigenvalue weighted by Crippen LogP contribution is 2.27. The van der Waals surface area contributed by atoms with Crippen molar-refractivity contribution in [1.29, 1.82) is 0 Å². The number of nitrogens with zero attached hydrogens (tertiary/aromatic N) is 4. The van der Waals surface area contributed by atoms with Crippen LogP contribution in [0.2, 0.25) is 0 Å². The molecule has 8 nitrogen and oxygen atoms in total. The lowest BCUT2D eigenvalue weighted by molar-refractivity contribution is -0.134. The number of rotatable bonds is 8. The molecule has 0 aliphatic carbocycles. The van der Waals surface area contributed by atoms with Gasteiger partial charge in [-0.25, -0.2) is 9.97 Å². The molecule has 1 aliphatic heterocycles. The van der Waals surface area contributed by atoms with Crippen molar-refractivity contribution in [2.75, 3.05) is 45.2 Å². The summed E-state index contributed by atoms with van der Waals surface area (Å²) in [4.78, 5) is 25.3. The topological polar surface area (TPSA) is 79.8 Å². The molecule has 3 heterocycles. The van der Waals surface area contributed by atoms with Gasteiger partial charge in [0.1, 0.15) is 12.4 Å². The minimum Gasteiger partial charge on any atom is -0.485 e. The summed E-state index contributed by atoms with van der Waals surface area (Å²) < 4.78 is 11.8. The van der Waals surface area contributed by atoms with Crippen LogP contribution in [0.1, 0.15) is 11.3 Å². The molecule has 1 amide bonds. The first-order valence-corrected chi connectivity index (χ1v) is 11.4. The largest absolute Gasteiger partial charge is 0.485 e. The van der Waals surface area contributed by atoms with Crippen molar-refractivity contribution in [3.05, 3.63) is 59.2 Å². The summed E-state index contributed by atoms with van der Waals surface area (Å²) in [5, 5.41) is 5.96. The summed E-state index contributed by atoms with van der Waals surface area (Å²) in [6.07, 6.45) is 1.71. The highest BCUT2D eigenvalue weighted by molar-refractivity contribution is 7.13. The van der Waals surface area contributed by atoms with Crippen LogP contribution < -0.4 is 14.8 Å². The minimum atomic E-state index is 0.0169. The molecule has 0 bridgehead atoms. The lowest BCUT2D eigenvalue weighted by Gasteiger charge is -2.32. The van der Waals surface area contributed by atoms with Crippen molar-refractivity contribution in [1.82, 2.24) is 19.8 Å². The molecule has 0 radical (unpaired) electrons. The minimum absolute atomic E-state index is 0.0169. The zero-order valence-electron chi connectivity index (χ0n) is 18.3. The predicted octanol–water partition coefficient (Wildman–Crippen LogP) is 3.32. The van der Waals surface area contributed by atoms with Gasteiger partial charge in [0.05, 0.1) is 5.69 Å². The van der Waals surface area contributed by atoms with Crippen molar-refractivity contribution in [3.63, 3.8) is 0 Å². The van der Waals surface area contributed by atoms with E-state index in [1.54, 1.807) is 6.20 Å². The maximum atomic E-state index is 12.4. The van der Waals surface area contributed by atoms with E-state index in [9.17, 15) is 4.79 Å². The molecular weight excluding hydrogens is 426 g/mol. The quantitative estimate of drug-likeness (QED) is 0.560. The van der Waals surface area contributed by atoms with Gasteiger partial charge >= 0.3 is 0 Å². The number of benzene rings is 1. The molecule has 1 N–H and O–H groups in total. The van der Waals surface area contributed by atoms with Crippen LogP contribution in [0.4, 0.5) is 10.9 Å². The Morgan fingerprint density at radius 3 is 2.78 bits per heavy atom. The van der Waals surface area contributed by atoms with Gasteiger partial charge < -0.3 is 24.6 Å². The van der Waals surface area contributed by atoms with E-state index in [0.29, 0.717) is 23.9 Å². The van der Waals surface area contributed by atoms with Crippen molar-refractivity contribution in [2.24, 2.45) is 0 Å². The number of aromatic nitrogens is 2. The van der Waals surface area contributed by atoms with Crippen LogP contribution in [-0.2, 0) is 11.4 Å². The maximum Gasteiger partial charge on any atom is 0.260 e. The zero-order valence-corrected chi connectivity index (χ0v) is 19.1. The molecule has 4 rings (SSSR count). The van der Waals surface area contributed by atoms with E-state index >= 15 is 0 Å². The van der Waals surface area contributed by atoms with Crippen LogP contribution in [0, 0.1) is 6.92 Å². The van der Waals surface area contributed by atoms with Crippen LogP contribution in [0.5, 0.6) is 11.5 Å². The number of aryl methyl sites for hydroxylation is 1. The summed E-state index contributed by atoms with van der Waals surface area (Å²) >= 11 is 1.52. The van der Waals surface area contributed by atoms with Gasteiger partial charge in [-0.2, -0.15) is 0 Å². The normalized spacial score (nSPS) is 14.2. The number of carbonyl (C=O) groups excluding carboxylic acids is 1. The van der Waals surface area contributed by atoms with E-state index < -0.39 is 0 Å². The summed E-state index contributed by atoms with van der Waals surface area (Å²) in [7, 11) is 2.07. The Morgan fingerprint density at radius 1 is 1.16 bits per heavy atom. The fraction of sp³-hybridized carbons (Fsp3) is 0.348. The summed E-state index contributed by atoms with van der Waals surface area (Å²) in [6.45, 7) is 5.62. The fourth-order valence-electron chi connectivity index (χ4n) is 3.29. The third kappa shape index (κ3) is 5.95. The molecule has 1 saturated heterocycles. The smallest absolute Gasteiger partial charge is 0.260 e.